The lowest BCUT2D eigenvalue weighted by atomic mass is 10.1. The van der Waals surface area contributed by atoms with Gasteiger partial charge in [0.1, 0.15) is 0 Å². The summed E-state index contributed by atoms with van der Waals surface area (Å²) < 4.78 is 16.1. The summed E-state index contributed by atoms with van der Waals surface area (Å²) in [6.45, 7) is 1.34. The van der Waals surface area contributed by atoms with Gasteiger partial charge in [-0.1, -0.05) is 6.07 Å². The van der Waals surface area contributed by atoms with Crippen LogP contribution in [0.5, 0.6) is 17.2 Å². The zero-order valence-corrected chi connectivity index (χ0v) is 14.1. The highest BCUT2D eigenvalue weighted by atomic mass is 16.5. The van der Waals surface area contributed by atoms with Crippen molar-refractivity contribution in [2.75, 3.05) is 34.4 Å². The molecule has 0 aromatic heterocycles. The van der Waals surface area contributed by atoms with Gasteiger partial charge in [0, 0.05) is 25.6 Å². The number of rotatable bonds is 7. The zero-order chi connectivity index (χ0) is 16.8. The summed E-state index contributed by atoms with van der Waals surface area (Å²) in [6.07, 6.45) is 3.06. The van der Waals surface area contributed by atoms with E-state index < -0.39 is 0 Å². The summed E-state index contributed by atoms with van der Waals surface area (Å²) in [6, 6.07) is 3.94. The van der Waals surface area contributed by atoms with Crippen molar-refractivity contribution in [1.29, 1.82) is 0 Å². The molecule has 2 rings (SSSR count). The van der Waals surface area contributed by atoms with Gasteiger partial charge < -0.3 is 24.8 Å². The fourth-order valence-corrected chi connectivity index (χ4v) is 3.15. The SMILES string of the molecule is COc1ccc(CCC(=O)N2CCCC2CN)c(OC)c1OC. The monoisotopic (exact) mass is 322 g/mol. The molecule has 1 aromatic carbocycles. The van der Waals surface area contributed by atoms with Crippen molar-refractivity contribution in [3.63, 3.8) is 0 Å². The Morgan fingerprint density at radius 1 is 1.22 bits per heavy atom. The second kappa shape index (κ2) is 8.06. The van der Waals surface area contributed by atoms with Gasteiger partial charge in [-0.05, 0) is 30.9 Å². The molecule has 23 heavy (non-hydrogen) atoms. The first kappa shape index (κ1) is 17.4. The highest BCUT2D eigenvalue weighted by Gasteiger charge is 2.27. The Labute approximate surface area is 137 Å². The van der Waals surface area contributed by atoms with Crippen molar-refractivity contribution >= 4 is 5.91 Å². The summed E-state index contributed by atoms with van der Waals surface area (Å²) >= 11 is 0. The molecule has 0 spiro atoms. The number of nitrogens with zero attached hydrogens (tertiary/aromatic N) is 1. The first-order chi connectivity index (χ1) is 11.2. The van der Waals surface area contributed by atoms with E-state index >= 15 is 0 Å². The second-order valence-electron chi connectivity index (χ2n) is 5.61. The molecule has 0 aliphatic carbocycles. The Balaban J connectivity index is 2.09. The Hall–Kier alpha value is -1.95. The van der Waals surface area contributed by atoms with Gasteiger partial charge in [0.15, 0.2) is 11.5 Å². The minimum Gasteiger partial charge on any atom is -0.493 e. The van der Waals surface area contributed by atoms with Crippen LogP contribution < -0.4 is 19.9 Å². The number of carbonyl (C=O) groups is 1. The van der Waals surface area contributed by atoms with Crippen LogP contribution in [-0.4, -0.2) is 51.3 Å². The molecular weight excluding hydrogens is 296 g/mol. The van der Waals surface area contributed by atoms with Crippen molar-refractivity contribution < 1.29 is 19.0 Å². The molecule has 1 fully saturated rings. The van der Waals surface area contributed by atoms with Crippen LogP contribution >= 0.6 is 0 Å². The van der Waals surface area contributed by atoms with Crippen LogP contribution in [0.2, 0.25) is 0 Å². The van der Waals surface area contributed by atoms with E-state index in [1.807, 2.05) is 17.0 Å². The quantitative estimate of drug-likeness (QED) is 0.825. The Morgan fingerprint density at radius 3 is 2.57 bits per heavy atom. The number of aryl methyl sites for hydroxylation is 1. The number of ether oxygens (including phenoxy) is 3. The van der Waals surface area contributed by atoms with Gasteiger partial charge in [-0.2, -0.15) is 0 Å². The summed E-state index contributed by atoms with van der Waals surface area (Å²) in [7, 11) is 4.75. The van der Waals surface area contributed by atoms with E-state index in [-0.39, 0.29) is 11.9 Å². The summed E-state index contributed by atoms with van der Waals surface area (Å²) in [5.74, 6) is 1.94. The number of carbonyl (C=O) groups excluding carboxylic acids is 1. The molecule has 6 nitrogen and oxygen atoms in total. The number of nitrogens with two attached hydrogens (primary N) is 1. The third-order valence-corrected chi connectivity index (χ3v) is 4.36. The van der Waals surface area contributed by atoms with Crippen LogP contribution in [0.3, 0.4) is 0 Å². The largest absolute Gasteiger partial charge is 0.493 e. The van der Waals surface area contributed by atoms with Gasteiger partial charge in [0.2, 0.25) is 11.7 Å². The summed E-state index contributed by atoms with van der Waals surface area (Å²) in [4.78, 5) is 14.3. The van der Waals surface area contributed by atoms with Crippen LogP contribution in [0.4, 0.5) is 0 Å². The van der Waals surface area contributed by atoms with Crippen LogP contribution in [0.25, 0.3) is 0 Å². The summed E-state index contributed by atoms with van der Waals surface area (Å²) in [5.41, 5.74) is 6.67. The van der Waals surface area contributed by atoms with E-state index in [0.29, 0.717) is 36.6 Å². The van der Waals surface area contributed by atoms with Crippen molar-refractivity contribution in [3.8, 4) is 17.2 Å². The Bertz CT molecular complexity index is 548. The van der Waals surface area contributed by atoms with Crippen molar-refractivity contribution in [3.05, 3.63) is 17.7 Å². The fraction of sp³-hybridized carbons (Fsp3) is 0.588. The van der Waals surface area contributed by atoms with E-state index in [0.717, 1.165) is 24.9 Å². The molecule has 1 amide bonds. The van der Waals surface area contributed by atoms with Crippen LogP contribution in [0, 0.1) is 0 Å². The van der Waals surface area contributed by atoms with Gasteiger partial charge in [-0.15, -0.1) is 0 Å². The maximum atomic E-state index is 12.4. The molecule has 0 radical (unpaired) electrons. The molecule has 0 saturated carbocycles. The molecule has 2 N–H and O–H groups in total. The number of likely N-dealkylation sites (tertiary alicyclic amines) is 1. The molecule has 1 aliphatic rings. The van der Waals surface area contributed by atoms with E-state index in [1.54, 1.807) is 21.3 Å². The Morgan fingerprint density at radius 2 is 1.96 bits per heavy atom. The maximum absolute atomic E-state index is 12.4. The van der Waals surface area contributed by atoms with Gasteiger partial charge in [0.25, 0.3) is 0 Å². The lowest BCUT2D eigenvalue weighted by molar-refractivity contribution is -0.131. The molecule has 128 valence electrons. The lowest BCUT2D eigenvalue weighted by Crippen LogP contribution is -2.40. The van der Waals surface area contributed by atoms with Crippen molar-refractivity contribution in [2.45, 2.75) is 31.7 Å². The molecule has 1 aromatic rings. The highest BCUT2D eigenvalue weighted by Crippen LogP contribution is 2.40. The normalized spacial score (nSPS) is 17.2. The van der Waals surface area contributed by atoms with Crippen molar-refractivity contribution in [1.82, 2.24) is 4.90 Å². The van der Waals surface area contributed by atoms with E-state index in [9.17, 15) is 4.79 Å². The average Bonchev–Trinajstić information content (AvgIpc) is 3.07. The maximum Gasteiger partial charge on any atom is 0.223 e. The molecule has 1 saturated heterocycles. The average molecular weight is 322 g/mol. The highest BCUT2D eigenvalue weighted by molar-refractivity contribution is 5.77. The zero-order valence-electron chi connectivity index (χ0n) is 14.1. The number of methoxy groups -OCH3 is 3. The van der Waals surface area contributed by atoms with E-state index in [2.05, 4.69) is 0 Å². The van der Waals surface area contributed by atoms with Gasteiger partial charge in [-0.25, -0.2) is 0 Å². The Kier molecular flexibility index (Phi) is 6.10. The molecular formula is C17H26N2O4. The van der Waals surface area contributed by atoms with Crippen LogP contribution in [0.15, 0.2) is 12.1 Å². The fourth-order valence-electron chi connectivity index (χ4n) is 3.15. The topological polar surface area (TPSA) is 74.0 Å². The third-order valence-electron chi connectivity index (χ3n) is 4.36. The van der Waals surface area contributed by atoms with Gasteiger partial charge in [0.05, 0.1) is 21.3 Å². The standard InChI is InChI=1S/C17H26N2O4/c1-21-14-8-6-12(16(22-2)17(14)23-3)7-9-15(20)19-10-4-5-13(19)11-18/h6,8,13H,4-5,7,9-11,18H2,1-3H3. The third kappa shape index (κ3) is 3.69. The molecule has 6 heteroatoms. The molecule has 0 bridgehead atoms. The number of amides is 1. The predicted molar refractivity (Wildman–Crippen MR) is 88.2 cm³/mol. The first-order valence-electron chi connectivity index (χ1n) is 7.93. The van der Waals surface area contributed by atoms with Crippen molar-refractivity contribution in [2.24, 2.45) is 5.73 Å². The molecule has 1 aliphatic heterocycles. The number of hydrogen-bond donors (Lipinski definition) is 1. The summed E-state index contributed by atoms with van der Waals surface area (Å²) in [5, 5.41) is 0. The molecule has 1 heterocycles. The van der Waals surface area contributed by atoms with E-state index in [4.69, 9.17) is 19.9 Å². The minimum absolute atomic E-state index is 0.148. The minimum atomic E-state index is 0.148. The van der Waals surface area contributed by atoms with E-state index in [1.165, 1.54) is 0 Å². The number of hydrogen-bond acceptors (Lipinski definition) is 5. The van der Waals surface area contributed by atoms with Gasteiger partial charge in [-0.3, -0.25) is 4.79 Å². The lowest BCUT2D eigenvalue weighted by Gasteiger charge is -2.23. The second-order valence-corrected chi connectivity index (χ2v) is 5.61. The van der Waals surface area contributed by atoms with Gasteiger partial charge >= 0.3 is 0 Å². The predicted octanol–water partition coefficient (Wildman–Crippen LogP) is 1.59. The smallest absolute Gasteiger partial charge is 0.223 e. The number of benzene rings is 1. The first-order valence-corrected chi connectivity index (χ1v) is 7.93. The van der Waals surface area contributed by atoms with Crippen LogP contribution in [-0.2, 0) is 11.2 Å². The molecule has 1 unspecified atom stereocenters. The van der Waals surface area contributed by atoms with Crippen LogP contribution in [0.1, 0.15) is 24.8 Å². The molecule has 1 atom stereocenters.